The molecule has 0 unspecified atom stereocenters. The maximum Gasteiger partial charge on any atom is 0.334 e. The Kier molecular flexibility index (Phi) is 6.24. The number of morpholine rings is 1. The first kappa shape index (κ1) is 15.9. The zero-order valence-electron chi connectivity index (χ0n) is 11.8. The molecule has 6 nitrogen and oxygen atoms in total. The molecule has 1 aliphatic heterocycles. The van der Waals surface area contributed by atoms with E-state index >= 15 is 0 Å². The predicted molar refractivity (Wildman–Crippen MR) is 68.8 cm³/mol. The lowest BCUT2D eigenvalue weighted by molar-refractivity contribution is -0.163. The maximum absolute atomic E-state index is 12.1. The van der Waals surface area contributed by atoms with E-state index in [4.69, 9.17) is 14.6 Å². The van der Waals surface area contributed by atoms with Gasteiger partial charge in [-0.05, 0) is 19.3 Å². The summed E-state index contributed by atoms with van der Waals surface area (Å²) in [6.45, 7) is 7.18. The van der Waals surface area contributed by atoms with E-state index in [1.807, 2.05) is 0 Å². The minimum Gasteiger partial charge on any atom is -0.479 e. The van der Waals surface area contributed by atoms with Crippen molar-refractivity contribution in [3.8, 4) is 0 Å². The average molecular weight is 273 g/mol. The highest BCUT2D eigenvalue weighted by Gasteiger charge is 2.31. The van der Waals surface area contributed by atoms with Gasteiger partial charge in [0.1, 0.15) is 6.10 Å². The van der Waals surface area contributed by atoms with Gasteiger partial charge in [0.05, 0.1) is 13.2 Å². The van der Waals surface area contributed by atoms with Gasteiger partial charge in [-0.1, -0.05) is 13.8 Å². The number of hydrogen-bond donors (Lipinski definition) is 1. The molecule has 1 fully saturated rings. The summed E-state index contributed by atoms with van der Waals surface area (Å²) in [6.07, 6.45) is -0.565. The fourth-order valence-corrected chi connectivity index (χ4v) is 1.81. The summed E-state index contributed by atoms with van der Waals surface area (Å²) >= 11 is 0. The van der Waals surface area contributed by atoms with E-state index in [1.54, 1.807) is 6.92 Å². The summed E-state index contributed by atoms with van der Waals surface area (Å²) < 4.78 is 10.6. The van der Waals surface area contributed by atoms with E-state index in [0.717, 1.165) is 6.42 Å². The van der Waals surface area contributed by atoms with E-state index in [1.165, 1.54) is 4.90 Å². The van der Waals surface area contributed by atoms with Gasteiger partial charge >= 0.3 is 5.97 Å². The molecule has 0 spiro atoms. The molecule has 1 aliphatic rings. The van der Waals surface area contributed by atoms with Crippen LogP contribution in [0, 0.1) is 5.92 Å². The van der Waals surface area contributed by atoms with Gasteiger partial charge in [-0.15, -0.1) is 0 Å². The van der Waals surface area contributed by atoms with E-state index in [-0.39, 0.29) is 19.1 Å². The fraction of sp³-hybridized carbons (Fsp3) is 0.846. The Labute approximate surface area is 113 Å². The van der Waals surface area contributed by atoms with Crippen LogP contribution in [0.2, 0.25) is 0 Å². The summed E-state index contributed by atoms with van der Waals surface area (Å²) in [6, 6.07) is 0. The lowest BCUT2D eigenvalue weighted by atomic mass is 10.1. The first-order valence-electron chi connectivity index (χ1n) is 6.66. The average Bonchev–Trinajstić information content (AvgIpc) is 2.37. The first-order chi connectivity index (χ1) is 8.91. The normalized spacial score (nSPS) is 21.5. The van der Waals surface area contributed by atoms with Crippen LogP contribution in [0.1, 0.15) is 27.2 Å². The molecule has 1 N–H and O–H groups in total. The number of carbonyl (C=O) groups is 2. The highest BCUT2D eigenvalue weighted by molar-refractivity contribution is 5.82. The zero-order chi connectivity index (χ0) is 14.4. The largest absolute Gasteiger partial charge is 0.479 e. The van der Waals surface area contributed by atoms with E-state index in [2.05, 4.69) is 13.8 Å². The second-order valence-corrected chi connectivity index (χ2v) is 5.18. The minimum absolute atomic E-state index is 0.0893. The van der Waals surface area contributed by atoms with E-state index in [0.29, 0.717) is 19.1 Å². The zero-order valence-corrected chi connectivity index (χ0v) is 11.8. The van der Waals surface area contributed by atoms with E-state index < -0.39 is 18.2 Å². The maximum atomic E-state index is 12.1. The topological polar surface area (TPSA) is 76.1 Å². The van der Waals surface area contributed by atoms with Crippen LogP contribution < -0.4 is 0 Å². The molecule has 0 radical (unpaired) electrons. The molecule has 0 aliphatic carbocycles. The Bertz CT molecular complexity index is 318. The van der Waals surface area contributed by atoms with Crippen LogP contribution in [0.25, 0.3) is 0 Å². The summed E-state index contributed by atoms with van der Waals surface area (Å²) in [5.41, 5.74) is 0. The first-order valence-corrected chi connectivity index (χ1v) is 6.66. The molecule has 0 bridgehead atoms. The number of carboxylic acid groups (broad SMARTS) is 1. The van der Waals surface area contributed by atoms with Crippen LogP contribution in [0.4, 0.5) is 0 Å². The van der Waals surface area contributed by atoms with Crippen molar-refractivity contribution in [1.82, 2.24) is 4.90 Å². The number of ether oxygens (including phenoxy) is 2. The standard InChI is InChI=1S/C13H23NO5/c1-9(2)4-6-18-10(3)12(15)14-5-7-19-11(8-14)13(16)17/h9-11H,4-8H2,1-3H3,(H,16,17)/t10-,11+/m1/s1. The SMILES string of the molecule is CC(C)CCO[C@H](C)C(=O)N1CCO[C@H](C(=O)O)C1. The molecule has 1 saturated heterocycles. The molecule has 1 rings (SSSR count). The number of aliphatic carboxylic acids is 1. The third-order valence-electron chi connectivity index (χ3n) is 3.06. The van der Waals surface area contributed by atoms with Gasteiger partial charge in [0, 0.05) is 13.2 Å². The highest BCUT2D eigenvalue weighted by Crippen LogP contribution is 2.09. The third-order valence-corrected chi connectivity index (χ3v) is 3.06. The van der Waals surface area contributed by atoms with Crippen LogP contribution in [0.15, 0.2) is 0 Å². The van der Waals surface area contributed by atoms with Gasteiger partial charge in [-0.3, -0.25) is 4.79 Å². The molecule has 0 saturated carbocycles. The van der Waals surface area contributed by atoms with Crippen molar-refractivity contribution >= 4 is 11.9 Å². The Morgan fingerprint density at radius 2 is 2.11 bits per heavy atom. The monoisotopic (exact) mass is 273 g/mol. The van der Waals surface area contributed by atoms with Gasteiger partial charge in [0.25, 0.3) is 5.91 Å². The Balaban J connectivity index is 2.40. The van der Waals surface area contributed by atoms with Crippen molar-refractivity contribution in [2.24, 2.45) is 5.92 Å². The van der Waals surface area contributed by atoms with Crippen molar-refractivity contribution < 1.29 is 24.2 Å². The van der Waals surface area contributed by atoms with Gasteiger partial charge < -0.3 is 19.5 Å². The molecule has 0 aromatic rings. The summed E-state index contributed by atoms with van der Waals surface area (Å²) in [5, 5.41) is 8.88. The second kappa shape index (κ2) is 7.45. The van der Waals surface area contributed by atoms with Crippen LogP contribution >= 0.6 is 0 Å². The van der Waals surface area contributed by atoms with Crippen LogP contribution in [-0.4, -0.2) is 60.4 Å². The molecule has 2 atom stereocenters. The summed E-state index contributed by atoms with van der Waals surface area (Å²) in [7, 11) is 0. The number of amides is 1. The molecule has 0 aromatic heterocycles. The highest BCUT2D eigenvalue weighted by atomic mass is 16.5. The Morgan fingerprint density at radius 3 is 2.68 bits per heavy atom. The van der Waals surface area contributed by atoms with Crippen LogP contribution in [-0.2, 0) is 19.1 Å². The van der Waals surface area contributed by atoms with Crippen molar-refractivity contribution in [2.45, 2.75) is 39.4 Å². The van der Waals surface area contributed by atoms with E-state index in [9.17, 15) is 9.59 Å². The molecule has 110 valence electrons. The van der Waals surface area contributed by atoms with Gasteiger partial charge in [-0.25, -0.2) is 4.79 Å². The Morgan fingerprint density at radius 1 is 1.42 bits per heavy atom. The number of hydrogen-bond acceptors (Lipinski definition) is 4. The number of rotatable bonds is 6. The number of carboxylic acids is 1. The quantitative estimate of drug-likeness (QED) is 0.773. The number of nitrogens with zero attached hydrogens (tertiary/aromatic N) is 1. The molecular weight excluding hydrogens is 250 g/mol. The third kappa shape index (κ3) is 5.16. The fourth-order valence-electron chi connectivity index (χ4n) is 1.81. The Hall–Kier alpha value is -1.14. The van der Waals surface area contributed by atoms with Gasteiger partial charge in [0.2, 0.25) is 0 Å². The molecule has 6 heteroatoms. The van der Waals surface area contributed by atoms with Crippen molar-refractivity contribution in [1.29, 1.82) is 0 Å². The lowest BCUT2D eigenvalue weighted by Crippen LogP contribution is -2.51. The summed E-state index contributed by atoms with van der Waals surface area (Å²) in [5.74, 6) is -0.675. The molecule has 1 heterocycles. The molecule has 19 heavy (non-hydrogen) atoms. The number of carbonyl (C=O) groups excluding carboxylic acids is 1. The van der Waals surface area contributed by atoms with Crippen LogP contribution in [0.3, 0.4) is 0 Å². The molecule has 1 amide bonds. The van der Waals surface area contributed by atoms with Crippen molar-refractivity contribution in [2.75, 3.05) is 26.3 Å². The minimum atomic E-state index is -1.04. The lowest BCUT2D eigenvalue weighted by Gasteiger charge is -2.32. The van der Waals surface area contributed by atoms with Crippen molar-refractivity contribution in [3.05, 3.63) is 0 Å². The van der Waals surface area contributed by atoms with Gasteiger partial charge in [0.15, 0.2) is 6.10 Å². The van der Waals surface area contributed by atoms with Gasteiger partial charge in [-0.2, -0.15) is 0 Å². The summed E-state index contributed by atoms with van der Waals surface area (Å²) in [4.78, 5) is 24.4. The second-order valence-electron chi connectivity index (χ2n) is 5.18. The van der Waals surface area contributed by atoms with Crippen molar-refractivity contribution in [3.63, 3.8) is 0 Å². The molecular formula is C13H23NO5. The molecule has 0 aromatic carbocycles. The predicted octanol–water partition coefficient (Wildman–Crippen LogP) is 0.750. The smallest absolute Gasteiger partial charge is 0.334 e. The van der Waals surface area contributed by atoms with Crippen LogP contribution in [0.5, 0.6) is 0 Å².